The zero-order valence-corrected chi connectivity index (χ0v) is 14.7. The molecule has 0 saturated heterocycles. The Hall–Kier alpha value is -2.90. The largest absolute Gasteiger partial charge is 0.374 e. The lowest BCUT2D eigenvalue weighted by molar-refractivity contribution is 0.236. The van der Waals surface area contributed by atoms with Gasteiger partial charge >= 0.3 is 0 Å². The molecule has 0 saturated carbocycles. The summed E-state index contributed by atoms with van der Waals surface area (Å²) >= 11 is 0. The van der Waals surface area contributed by atoms with Gasteiger partial charge in [0, 0.05) is 16.7 Å². The van der Waals surface area contributed by atoms with E-state index in [1.165, 1.54) is 5.56 Å². The number of fused-ring (bicyclic) bond motifs is 3. The van der Waals surface area contributed by atoms with Gasteiger partial charge in [-0.25, -0.2) is 0 Å². The monoisotopic (exact) mass is 344 g/mol. The Morgan fingerprint density at radius 2 is 2.00 bits per heavy atom. The van der Waals surface area contributed by atoms with Crippen LogP contribution in [0.25, 0.3) is 22.6 Å². The summed E-state index contributed by atoms with van der Waals surface area (Å²) in [4.78, 5) is 0. The second-order valence-electron chi connectivity index (χ2n) is 6.73. The molecule has 0 fully saturated rings. The maximum atomic E-state index is 9.74. The maximum Gasteiger partial charge on any atom is 0.170 e. The molecule has 1 aliphatic carbocycles. The summed E-state index contributed by atoms with van der Waals surface area (Å²) in [6.07, 6.45) is 2.81. The molecule has 0 aliphatic heterocycles. The molecule has 130 valence electrons. The number of nitrogens with zero attached hydrogens (tertiary/aromatic N) is 2. The lowest BCUT2D eigenvalue weighted by Gasteiger charge is -2.16. The summed E-state index contributed by atoms with van der Waals surface area (Å²) in [6, 6.07) is 16.0. The molecule has 1 atom stereocenters. The zero-order valence-electron chi connectivity index (χ0n) is 14.7. The predicted octanol–water partition coefficient (Wildman–Crippen LogP) is 4.62. The van der Waals surface area contributed by atoms with Gasteiger partial charge in [-0.3, -0.25) is 0 Å². The number of aryl methyl sites for hydroxylation is 2. The van der Waals surface area contributed by atoms with Crippen molar-refractivity contribution >= 4 is 0 Å². The lowest BCUT2D eigenvalue weighted by atomic mass is 9.86. The molecule has 4 nitrogen and oxygen atoms in total. The van der Waals surface area contributed by atoms with E-state index in [4.69, 9.17) is 9.78 Å². The number of nitriles is 1. The molecule has 1 aromatic heterocycles. The van der Waals surface area contributed by atoms with Gasteiger partial charge in [0.15, 0.2) is 11.9 Å². The van der Waals surface area contributed by atoms with Crippen molar-refractivity contribution < 1.29 is 9.63 Å². The van der Waals surface area contributed by atoms with Gasteiger partial charge in [0.1, 0.15) is 5.69 Å². The topological polar surface area (TPSA) is 70.1 Å². The van der Waals surface area contributed by atoms with Crippen LogP contribution in [0.1, 0.15) is 41.7 Å². The third-order valence-electron chi connectivity index (χ3n) is 5.01. The standard InChI is InChI=1S/C22H20N2O2/c1-2-3-14-4-6-15(7-5-14)22-19-11-8-16-12-17(20(25)13-23)9-10-18(16)21(19)24-26-22/h4-7,9-10,12,20,25H,2-3,8,11H2,1H3. The normalized spacial score (nSPS) is 13.6. The summed E-state index contributed by atoms with van der Waals surface area (Å²) < 4.78 is 5.71. The molecule has 0 radical (unpaired) electrons. The van der Waals surface area contributed by atoms with E-state index >= 15 is 0 Å². The number of benzene rings is 2. The summed E-state index contributed by atoms with van der Waals surface area (Å²) in [6.45, 7) is 2.18. The smallest absolute Gasteiger partial charge is 0.170 e. The summed E-state index contributed by atoms with van der Waals surface area (Å²) in [7, 11) is 0. The van der Waals surface area contributed by atoms with Crippen molar-refractivity contribution in [3.05, 3.63) is 64.7 Å². The van der Waals surface area contributed by atoms with Crippen molar-refractivity contribution in [2.24, 2.45) is 0 Å². The minimum absolute atomic E-state index is 0.630. The maximum absolute atomic E-state index is 9.74. The SMILES string of the molecule is CCCc1ccc(-c2onc3c2CCc2cc(C(O)C#N)ccc2-3)cc1. The van der Waals surface area contributed by atoms with Gasteiger partial charge < -0.3 is 9.63 Å². The van der Waals surface area contributed by atoms with Gasteiger partial charge in [-0.2, -0.15) is 5.26 Å². The Morgan fingerprint density at radius 1 is 1.19 bits per heavy atom. The highest BCUT2D eigenvalue weighted by molar-refractivity contribution is 5.76. The first-order chi connectivity index (χ1) is 12.7. The van der Waals surface area contributed by atoms with Gasteiger partial charge in [-0.1, -0.05) is 61.0 Å². The first-order valence-corrected chi connectivity index (χ1v) is 9.00. The van der Waals surface area contributed by atoms with Gasteiger partial charge in [-0.05, 0) is 36.0 Å². The molecular formula is C22H20N2O2. The Bertz CT molecular complexity index is 980. The molecular weight excluding hydrogens is 324 g/mol. The Kier molecular flexibility index (Phi) is 4.32. The van der Waals surface area contributed by atoms with Gasteiger partial charge in [-0.15, -0.1) is 0 Å². The number of hydrogen-bond donors (Lipinski definition) is 1. The van der Waals surface area contributed by atoms with Crippen molar-refractivity contribution in [3.8, 4) is 28.7 Å². The Balaban J connectivity index is 1.71. The minimum Gasteiger partial charge on any atom is -0.374 e. The third kappa shape index (κ3) is 2.81. The number of aliphatic hydroxyl groups excluding tert-OH is 1. The number of aliphatic hydroxyl groups is 1. The van der Waals surface area contributed by atoms with Crippen LogP contribution in [0.4, 0.5) is 0 Å². The molecule has 2 aromatic carbocycles. The van der Waals surface area contributed by atoms with Crippen LogP contribution in [-0.2, 0) is 19.3 Å². The highest BCUT2D eigenvalue weighted by Crippen LogP contribution is 2.39. The number of rotatable bonds is 4. The molecule has 4 rings (SSSR count). The van der Waals surface area contributed by atoms with E-state index in [1.54, 1.807) is 6.07 Å². The van der Waals surface area contributed by atoms with E-state index in [0.29, 0.717) is 5.56 Å². The summed E-state index contributed by atoms with van der Waals surface area (Å²) in [5, 5.41) is 23.0. The minimum atomic E-state index is -1.09. The van der Waals surface area contributed by atoms with Crippen LogP contribution < -0.4 is 0 Å². The average Bonchev–Trinajstić information content (AvgIpc) is 3.12. The first kappa shape index (κ1) is 16.6. The van der Waals surface area contributed by atoms with E-state index in [0.717, 1.165) is 59.4 Å². The van der Waals surface area contributed by atoms with E-state index in [9.17, 15) is 5.11 Å². The van der Waals surface area contributed by atoms with E-state index in [2.05, 4.69) is 36.3 Å². The molecule has 3 aromatic rings. The molecule has 1 heterocycles. The van der Waals surface area contributed by atoms with Crippen LogP contribution in [0.15, 0.2) is 47.0 Å². The van der Waals surface area contributed by atoms with Crippen LogP contribution in [0.2, 0.25) is 0 Å². The molecule has 4 heteroatoms. The van der Waals surface area contributed by atoms with Crippen molar-refractivity contribution in [1.29, 1.82) is 5.26 Å². The van der Waals surface area contributed by atoms with E-state index in [1.807, 2.05) is 18.2 Å². The van der Waals surface area contributed by atoms with Crippen LogP contribution in [-0.4, -0.2) is 10.3 Å². The van der Waals surface area contributed by atoms with Crippen molar-refractivity contribution in [2.45, 2.75) is 38.7 Å². The summed E-state index contributed by atoms with van der Waals surface area (Å²) in [5.41, 5.74) is 7.15. The quantitative estimate of drug-likeness (QED) is 0.701. The molecule has 1 aliphatic rings. The second kappa shape index (κ2) is 6.78. The molecule has 26 heavy (non-hydrogen) atoms. The molecule has 0 spiro atoms. The summed E-state index contributed by atoms with van der Waals surface area (Å²) in [5.74, 6) is 0.842. The lowest BCUT2D eigenvalue weighted by Crippen LogP contribution is -2.05. The van der Waals surface area contributed by atoms with E-state index < -0.39 is 6.10 Å². The zero-order chi connectivity index (χ0) is 18.1. The fourth-order valence-corrected chi connectivity index (χ4v) is 3.65. The van der Waals surface area contributed by atoms with Gasteiger partial charge in [0.25, 0.3) is 0 Å². The van der Waals surface area contributed by atoms with Crippen LogP contribution in [0.3, 0.4) is 0 Å². The fraction of sp³-hybridized carbons (Fsp3) is 0.273. The van der Waals surface area contributed by atoms with Gasteiger partial charge in [0.05, 0.1) is 6.07 Å². The second-order valence-corrected chi connectivity index (χ2v) is 6.73. The Labute approximate surface area is 152 Å². The molecule has 1 N–H and O–H groups in total. The third-order valence-corrected chi connectivity index (χ3v) is 5.01. The van der Waals surface area contributed by atoms with Crippen LogP contribution in [0, 0.1) is 11.3 Å². The van der Waals surface area contributed by atoms with E-state index in [-0.39, 0.29) is 0 Å². The highest BCUT2D eigenvalue weighted by atomic mass is 16.5. The number of aromatic nitrogens is 1. The highest BCUT2D eigenvalue weighted by Gasteiger charge is 2.25. The fourth-order valence-electron chi connectivity index (χ4n) is 3.65. The number of hydrogen-bond acceptors (Lipinski definition) is 4. The molecule has 0 amide bonds. The Morgan fingerprint density at radius 3 is 2.73 bits per heavy atom. The van der Waals surface area contributed by atoms with Gasteiger partial charge in [0.2, 0.25) is 0 Å². The average molecular weight is 344 g/mol. The predicted molar refractivity (Wildman–Crippen MR) is 99.4 cm³/mol. The van der Waals surface area contributed by atoms with Crippen molar-refractivity contribution in [3.63, 3.8) is 0 Å². The van der Waals surface area contributed by atoms with Crippen LogP contribution in [0.5, 0.6) is 0 Å². The van der Waals surface area contributed by atoms with Crippen LogP contribution >= 0.6 is 0 Å². The molecule has 0 bridgehead atoms. The van der Waals surface area contributed by atoms with Crippen molar-refractivity contribution in [1.82, 2.24) is 5.16 Å². The molecule has 1 unspecified atom stereocenters. The van der Waals surface area contributed by atoms with Crippen molar-refractivity contribution in [2.75, 3.05) is 0 Å². The first-order valence-electron chi connectivity index (χ1n) is 9.00.